The summed E-state index contributed by atoms with van der Waals surface area (Å²) in [6.07, 6.45) is 8.57. The predicted octanol–water partition coefficient (Wildman–Crippen LogP) is 4.99. The van der Waals surface area contributed by atoms with Crippen molar-refractivity contribution in [3.8, 4) is 0 Å². The van der Waals surface area contributed by atoms with Crippen molar-refractivity contribution in [2.45, 2.75) is 78.2 Å². The highest BCUT2D eigenvalue weighted by atomic mass is 16.3. The fraction of sp³-hybridized carbons (Fsp3) is 0.632. The molecule has 2 N–H and O–H groups in total. The SMILES string of the molecule is CCCCCCC(CCC)c1ccc(NC(C)=O)cc1CO. The van der Waals surface area contributed by atoms with Crippen molar-refractivity contribution in [2.75, 3.05) is 5.32 Å². The molecule has 1 aromatic rings. The average Bonchev–Trinajstić information content (AvgIpc) is 2.50. The summed E-state index contributed by atoms with van der Waals surface area (Å²) in [5, 5.41) is 12.5. The van der Waals surface area contributed by atoms with E-state index in [1.54, 1.807) is 0 Å². The van der Waals surface area contributed by atoms with Crippen LogP contribution >= 0.6 is 0 Å². The Bertz CT molecular complexity index is 457. The number of unbranched alkanes of at least 4 members (excludes halogenated alkanes) is 3. The van der Waals surface area contributed by atoms with Gasteiger partial charge in [-0.1, -0.05) is 52.0 Å². The number of aliphatic hydroxyl groups excluding tert-OH is 1. The smallest absolute Gasteiger partial charge is 0.221 e. The summed E-state index contributed by atoms with van der Waals surface area (Å²) in [5.74, 6) is 0.427. The van der Waals surface area contributed by atoms with Gasteiger partial charge in [0.15, 0.2) is 0 Å². The first-order valence-corrected chi connectivity index (χ1v) is 8.63. The minimum absolute atomic E-state index is 0.0257. The van der Waals surface area contributed by atoms with E-state index in [1.807, 2.05) is 12.1 Å². The zero-order valence-corrected chi connectivity index (χ0v) is 14.3. The maximum Gasteiger partial charge on any atom is 0.221 e. The summed E-state index contributed by atoms with van der Waals surface area (Å²) in [4.78, 5) is 11.2. The molecule has 0 heterocycles. The third-order valence-corrected chi connectivity index (χ3v) is 4.12. The lowest BCUT2D eigenvalue weighted by atomic mass is 9.86. The molecule has 0 aliphatic heterocycles. The summed E-state index contributed by atoms with van der Waals surface area (Å²) in [7, 11) is 0. The lowest BCUT2D eigenvalue weighted by Gasteiger charge is -2.20. The number of hydrogen-bond acceptors (Lipinski definition) is 2. The molecule has 0 fully saturated rings. The Labute approximate surface area is 135 Å². The Morgan fingerprint density at radius 1 is 1.14 bits per heavy atom. The number of benzene rings is 1. The zero-order chi connectivity index (χ0) is 16.4. The molecule has 0 radical (unpaired) electrons. The van der Waals surface area contributed by atoms with Gasteiger partial charge >= 0.3 is 0 Å². The topological polar surface area (TPSA) is 49.3 Å². The van der Waals surface area contributed by atoms with Crippen molar-refractivity contribution in [1.29, 1.82) is 0 Å². The van der Waals surface area contributed by atoms with E-state index in [0.717, 1.165) is 24.1 Å². The fourth-order valence-electron chi connectivity index (χ4n) is 3.04. The van der Waals surface area contributed by atoms with Crippen LogP contribution in [-0.2, 0) is 11.4 Å². The number of hydrogen-bond donors (Lipinski definition) is 2. The number of rotatable bonds is 10. The van der Waals surface area contributed by atoms with E-state index in [-0.39, 0.29) is 12.5 Å². The first kappa shape index (κ1) is 18.7. The number of aliphatic hydroxyl groups is 1. The van der Waals surface area contributed by atoms with E-state index in [4.69, 9.17) is 0 Å². The molecule has 124 valence electrons. The van der Waals surface area contributed by atoms with Gasteiger partial charge in [0.25, 0.3) is 0 Å². The van der Waals surface area contributed by atoms with Gasteiger partial charge < -0.3 is 10.4 Å². The molecule has 0 spiro atoms. The summed E-state index contributed by atoms with van der Waals surface area (Å²) in [5.41, 5.74) is 2.96. The number of nitrogens with one attached hydrogen (secondary N) is 1. The molecule has 1 aromatic carbocycles. The molecule has 1 rings (SSSR count). The molecule has 22 heavy (non-hydrogen) atoms. The average molecular weight is 305 g/mol. The third-order valence-electron chi connectivity index (χ3n) is 4.12. The van der Waals surface area contributed by atoms with Gasteiger partial charge in [0.2, 0.25) is 5.91 Å². The molecule has 1 atom stereocenters. The van der Waals surface area contributed by atoms with Gasteiger partial charge in [-0.05, 0) is 42.0 Å². The number of carbonyl (C=O) groups is 1. The van der Waals surface area contributed by atoms with Gasteiger partial charge in [-0.3, -0.25) is 4.79 Å². The van der Waals surface area contributed by atoms with E-state index < -0.39 is 0 Å². The molecule has 0 bridgehead atoms. The zero-order valence-electron chi connectivity index (χ0n) is 14.3. The first-order valence-electron chi connectivity index (χ1n) is 8.63. The quantitative estimate of drug-likeness (QED) is 0.598. The van der Waals surface area contributed by atoms with Gasteiger partial charge in [0.1, 0.15) is 0 Å². The van der Waals surface area contributed by atoms with E-state index in [9.17, 15) is 9.90 Å². The number of carbonyl (C=O) groups excluding carboxylic acids is 1. The summed E-state index contributed by atoms with van der Waals surface area (Å²) in [6.45, 7) is 5.97. The standard InChI is InChI=1S/C19H31NO2/c1-4-6-7-8-10-16(9-5-2)19-12-11-18(20-15(3)22)13-17(19)14-21/h11-13,16,21H,4-10,14H2,1-3H3,(H,20,22). The first-order chi connectivity index (χ1) is 10.6. The number of anilines is 1. The van der Waals surface area contributed by atoms with Gasteiger partial charge in [-0.25, -0.2) is 0 Å². The summed E-state index contributed by atoms with van der Waals surface area (Å²) < 4.78 is 0. The highest BCUT2D eigenvalue weighted by molar-refractivity contribution is 5.88. The van der Waals surface area contributed by atoms with Crippen LogP contribution in [0.1, 0.15) is 82.8 Å². The normalized spacial score (nSPS) is 12.2. The Balaban J connectivity index is 2.85. The minimum Gasteiger partial charge on any atom is -0.392 e. The molecule has 0 saturated heterocycles. The summed E-state index contributed by atoms with van der Waals surface area (Å²) in [6, 6.07) is 5.94. The lowest BCUT2D eigenvalue weighted by Crippen LogP contribution is -2.08. The highest BCUT2D eigenvalue weighted by Gasteiger charge is 2.15. The van der Waals surface area contributed by atoms with Crippen LogP contribution in [-0.4, -0.2) is 11.0 Å². The van der Waals surface area contributed by atoms with Gasteiger partial charge in [-0.15, -0.1) is 0 Å². The molecule has 1 amide bonds. The largest absolute Gasteiger partial charge is 0.392 e. The Hall–Kier alpha value is -1.35. The van der Waals surface area contributed by atoms with E-state index >= 15 is 0 Å². The van der Waals surface area contributed by atoms with Crippen molar-refractivity contribution in [2.24, 2.45) is 0 Å². The monoisotopic (exact) mass is 305 g/mol. The fourth-order valence-corrected chi connectivity index (χ4v) is 3.04. The van der Waals surface area contributed by atoms with Gasteiger partial charge in [0.05, 0.1) is 6.61 Å². The second kappa shape index (κ2) is 10.4. The maximum absolute atomic E-state index is 11.2. The second-order valence-corrected chi connectivity index (χ2v) is 6.09. The van der Waals surface area contributed by atoms with E-state index in [0.29, 0.717) is 5.92 Å². The van der Waals surface area contributed by atoms with Crippen LogP contribution in [0.15, 0.2) is 18.2 Å². The highest BCUT2D eigenvalue weighted by Crippen LogP contribution is 2.31. The molecule has 0 aliphatic carbocycles. The van der Waals surface area contributed by atoms with Crippen molar-refractivity contribution >= 4 is 11.6 Å². The summed E-state index contributed by atoms with van der Waals surface area (Å²) >= 11 is 0. The van der Waals surface area contributed by atoms with Crippen LogP contribution in [0.3, 0.4) is 0 Å². The molecular weight excluding hydrogens is 274 g/mol. The molecular formula is C19H31NO2. The molecule has 0 saturated carbocycles. The molecule has 0 aliphatic rings. The Kier molecular flexibility index (Phi) is 8.83. The maximum atomic E-state index is 11.2. The molecule has 3 heteroatoms. The lowest BCUT2D eigenvalue weighted by molar-refractivity contribution is -0.114. The van der Waals surface area contributed by atoms with E-state index in [2.05, 4.69) is 25.2 Å². The van der Waals surface area contributed by atoms with E-state index in [1.165, 1.54) is 44.6 Å². The van der Waals surface area contributed by atoms with Gasteiger partial charge in [-0.2, -0.15) is 0 Å². The second-order valence-electron chi connectivity index (χ2n) is 6.09. The van der Waals surface area contributed by atoms with Crippen molar-refractivity contribution in [3.63, 3.8) is 0 Å². The van der Waals surface area contributed by atoms with Crippen LogP contribution in [0.25, 0.3) is 0 Å². The van der Waals surface area contributed by atoms with Crippen LogP contribution in [0, 0.1) is 0 Å². The molecule has 1 unspecified atom stereocenters. The van der Waals surface area contributed by atoms with Crippen LogP contribution < -0.4 is 5.32 Å². The molecule has 3 nitrogen and oxygen atoms in total. The van der Waals surface area contributed by atoms with Crippen LogP contribution in [0.4, 0.5) is 5.69 Å². The van der Waals surface area contributed by atoms with Crippen LogP contribution in [0.2, 0.25) is 0 Å². The Morgan fingerprint density at radius 3 is 2.50 bits per heavy atom. The van der Waals surface area contributed by atoms with Gasteiger partial charge in [0, 0.05) is 12.6 Å². The van der Waals surface area contributed by atoms with Crippen molar-refractivity contribution < 1.29 is 9.90 Å². The van der Waals surface area contributed by atoms with Crippen molar-refractivity contribution in [3.05, 3.63) is 29.3 Å². The third kappa shape index (κ3) is 6.18. The minimum atomic E-state index is -0.0821. The van der Waals surface area contributed by atoms with Crippen molar-refractivity contribution in [1.82, 2.24) is 0 Å². The Morgan fingerprint density at radius 2 is 1.91 bits per heavy atom. The molecule has 0 aromatic heterocycles. The number of amides is 1. The van der Waals surface area contributed by atoms with Crippen LogP contribution in [0.5, 0.6) is 0 Å². The predicted molar refractivity (Wildman–Crippen MR) is 93.1 cm³/mol.